The van der Waals surface area contributed by atoms with Gasteiger partial charge in [0.25, 0.3) is 0 Å². The zero-order valence-electron chi connectivity index (χ0n) is 14.7. The fourth-order valence-electron chi connectivity index (χ4n) is 2.50. The minimum atomic E-state index is -0.398. The van der Waals surface area contributed by atoms with E-state index < -0.39 is 4.82 Å². The van der Waals surface area contributed by atoms with Crippen molar-refractivity contribution in [2.45, 2.75) is 4.82 Å². The van der Waals surface area contributed by atoms with Crippen molar-refractivity contribution in [3.05, 3.63) is 96.1 Å². The molecule has 3 rings (SSSR count). The predicted octanol–water partition coefficient (Wildman–Crippen LogP) is 4.98. The normalized spacial score (nSPS) is 12.4. The van der Waals surface area contributed by atoms with E-state index in [-0.39, 0.29) is 20.2 Å². The molecule has 136 valence electrons. The Kier molecular flexibility index (Phi) is 6.83. The van der Waals surface area contributed by atoms with E-state index >= 15 is 0 Å². The molecule has 0 aliphatic rings. The van der Waals surface area contributed by atoms with Crippen molar-refractivity contribution in [1.82, 2.24) is 0 Å². The molecule has 1 unspecified atom stereocenters. The molecular weight excluding hydrogens is 425 g/mol. The summed E-state index contributed by atoms with van der Waals surface area (Å²) < 4.78 is 6.11. The molecule has 0 amide bonds. The number of nitrogens with zero attached hydrogens (tertiary/aromatic N) is 1. The first kappa shape index (κ1) is 19.4. The Morgan fingerprint density at radius 2 is 1.52 bits per heavy atom. The van der Waals surface area contributed by atoms with Crippen molar-refractivity contribution in [2.75, 3.05) is 7.11 Å². The summed E-state index contributed by atoms with van der Waals surface area (Å²) in [5.74, 6) is 0.776. The first-order chi connectivity index (χ1) is 13.2. The van der Waals surface area contributed by atoms with E-state index in [1.165, 1.54) is 0 Å². The maximum atomic E-state index is 12.2. The molecule has 0 aliphatic carbocycles. The van der Waals surface area contributed by atoms with Crippen molar-refractivity contribution in [2.24, 2.45) is 4.99 Å². The van der Waals surface area contributed by atoms with E-state index in [2.05, 4.69) is 0 Å². The van der Waals surface area contributed by atoms with Gasteiger partial charge in [-0.15, -0.1) is 0 Å². The van der Waals surface area contributed by atoms with Gasteiger partial charge in [0.2, 0.25) is 0 Å². The summed E-state index contributed by atoms with van der Waals surface area (Å²) in [7, 11) is 1.63. The summed E-state index contributed by atoms with van der Waals surface area (Å²) in [6, 6.07) is 27.1. The Bertz CT molecular complexity index is 912. The van der Waals surface area contributed by atoms with Crippen LogP contribution in [-0.4, -0.2) is 31.9 Å². The van der Waals surface area contributed by atoms with Gasteiger partial charge in [-0.2, -0.15) is 0 Å². The third-order valence-electron chi connectivity index (χ3n) is 3.86. The average molecular weight is 443 g/mol. The Morgan fingerprint density at radius 3 is 2.07 bits per heavy atom. The number of methoxy groups -OCH3 is 1. The van der Waals surface area contributed by atoms with Crippen molar-refractivity contribution in [1.29, 1.82) is 0 Å². The van der Waals surface area contributed by atoms with Gasteiger partial charge in [-0.25, -0.2) is 0 Å². The summed E-state index contributed by atoms with van der Waals surface area (Å²) >= 11 is 5.68. The number of rotatable bonds is 7. The van der Waals surface area contributed by atoms with Gasteiger partial charge in [0.15, 0.2) is 0 Å². The van der Waals surface area contributed by atoms with E-state index in [0.717, 1.165) is 27.2 Å². The second kappa shape index (κ2) is 9.52. The van der Waals surface area contributed by atoms with Crippen LogP contribution in [0.5, 0.6) is 5.75 Å². The zero-order valence-corrected chi connectivity index (χ0v) is 17.2. The fourth-order valence-corrected chi connectivity index (χ4v) is 5.04. The van der Waals surface area contributed by atoms with E-state index in [1.807, 2.05) is 84.9 Å². The number of aliphatic imine (C=N–C) groups is 1. The Balaban J connectivity index is 2.00. The van der Waals surface area contributed by atoms with Crippen molar-refractivity contribution >= 4 is 42.1 Å². The number of ether oxygens (including phenoxy) is 1. The third kappa shape index (κ3) is 5.30. The number of para-hydroxylation sites is 1. The second-order valence-corrected chi connectivity index (χ2v) is 8.36. The van der Waals surface area contributed by atoms with Gasteiger partial charge in [-0.3, -0.25) is 0 Å². The van der Waals surface area contributed by atoms with E-state index in [9.17, 15) is 4.79 Å². The molecule has 3 nitrogen and oxygen atoms in total. The van der Waals surface area contributed by atoms with Crippen LogP contribution in [0.2, 0.25) is 0 Å². The summed E-state index contributed by atoms with van der Waals surface area (Å²) in [6.45, 7) is 0. The Morgan fingerprint density at radius 1 is 0.926 bits per heavy atom. The average Bonchev–Trinajstić information content (AvgIpc) is 2.72. The summed E-state index contributed by atoms with van der Waals surface area (Å²) in [5, 5.41) is -0.365. The molecule has 0 spiro atoms. The van der Waals surface area contributed by atoms with E-state index in [4.69, 9.17) is 21.3 Å². The molecule has 0 aliphatic heterocycles. The van der Waals surface area contributed by atoms with Crippen molar-refractivity contribution in [3.8, 4) is 5.75 Å². The molecule has 27 heavy (non-hydrogen) atoms. The first-order valence-electron chi connectivity index (χ1n) is 8.36. The number of halogens is 1. The molecule has 0 radical (unpaired) electrons. The van der Waals surface area contributed by atoms with Crippen LogP contribution in [0.15, 0.2) is 89.9 Å². The predicted molar refractivity (Wildman–Crippen MR) is 111 cm³/mol. The Hall–Kier alpha value is -2.39. The number of hydrogen-bond acceptors (Lipinski definition) is 3. The van der Waals surface area contributed by atoms with Gasteiger partial charge >= 0.3 is 170 Å². The van der Waals surface area contributed by atoms with Gasteiger partial charge in [-0.05, 0) is 0 Å². The molecule has 0 bridgehead atoms. The van der Waals surface area contributed by atoms with Gasteiger partial charge < -0.3 is 0 Å². The third-order valence-corrected chi connectivity index (χ3v) is 7.04. The van der Waals surface area contributed by atoms with Crippen LogP contribution in [-0.2, 0) is 4.79 Å². The van der Waals surface area contributed by atoms with Gasteiger partial charge in [0.05, 0.1) is 0 Å². The zero-order chi connectivity index (χ0) is 19.1. The van der Waals surface area contributed by atoms with Crippen LogP contribution < -0.4 is 4.74 Å². The quantitative estimate of drug-likeness (QED) is 0.294. The number of benzene rings is 3. The SMILES string of the molecule is COc1ccc(C(=Nc2ccccc2)[Se]C(C(=O)Cl)c2ccccc2)cc1. The molecule has 0 fully saturated rings. The van der Waals surface area contributed by atoms with Crippen LogP contribution in [0.25, 0.3) is 0 Å². The van der Waals surface area contributed by atoms with Crippen LogP contribution in [0.3, 0.4) is 0 Å². The molecule has 3 aromatic rings. The van der Waals surface area contributed by atoms with E-state index in [1.54, 1.807) is 7.11 Å². The van der Waals surface area contributed by atoms with Crippen molar-refractivity contribution in [3.63, 3.8) is 0 Å². The standard InChI is InChI=1S/C22H18ClNO2Se/c1-26-19-14-12-17(13-15-19)22(24-18-10-6-3-7-11-18)27-20(21(23)25)16-8-4-2-5-9-16/h2-15,20H,1H3. The molecule has 3 aromatic carbocycles. The van der Waals surface area contributed by atoms with Crippen LogP contribution in [0.1, 0.15) is 15.9 Å². The fraction of sp³-hybridized carbons (Fsp3) is 0.0909. The molecule has 0 saturated carbocycles. The van der Waals surface area contributed by atoms with Crippen molar-refractivity contribution < 1.29 is 9.53 Å². The molecule has 0 N–H and O–H groups in total. The molecule has 0 heterocycles. The molecule has 5 heteroatoms. The summed E-state index contributed by atoms with van der Waals surface area (Å²) in [6.07, 6.45) is 0. The number of hydrogen-bond donors (Lipinski definition) is 0. The molecule has 1 atom stereocenters. The summed E-state index contributed by atoms with van der Waals surface area (Å²) in [4.78, 5) is 16.6. The van der Waals surface area contributed by atoms with E-state index in [0.29, 0.717) is 0 Å². The Labute approximate surface area is 170 Å². The summed E-state index contributed by atoms with van der Waals surface area (Å²) in [5.41, 5.74) is 2.71. The van der Waals surface area contributed by atoms with Crippen LogP contribution in [0.4, 0.5) is 5.69 Å². The molecule has 0 saturated heterocycles. The molecule has 0 aromatic heterocycles. The van der Waals surface area contributed by atoms with Gasteiger partial charge in [0, 0.05) is 0 Å². The minimum absolute atomic E-state index is 0.287. The first-order valence-corrected chi connectivity index (χ1v) is 10.6. The van der Waals surface area contributed by atoms with Gasteiger partial charge in [-0.1, -0.05) is 0 Å². The number of carbonyl (C=O) groups is 1. The second-order valence-electron chi connectivity index (χ2n) is 5.69. The maximum absolute atomic E-state index is 12.2. The van der Waals surface area contributed by atoms with Gasteiger partial charge in [0.1, 0.15) is 0 Å². The monoisotopic (exact) mass is 443 g/mol. The van der Waals surface area contributed by atoms with Crippen LogP contribution >= 0.6 is 11.6 Å². The molecular formula is C22H18ClNO2Se. The van der Waals surface area contributed by atoms with Crippen LogP contribution in [0, 0.1) is 0 Å². The topological polar surface area (TPSA) is 38.7 Å². The number of carbonyl (C=O) groups excluding carboxylic acids is 1.